The third kappa shape index (κ3) is 5.96. The fourth-order valence-corrected chi connectivity index (χ4v) is 4.11. The third-order valence-electron chi connectivity index (χ3n) is 5.03. The topological polar surface area (TPSA) is 113 Å². The number of carbonyl (C=O) groups is 4. The molecule has 0 aromatic heterocycles. The zero-order valence-electron chi connectivity index (χ0n) is 18.3. The van der Waals surface area contributed by atoms with E-state index in [4.69, 9.17) is 9.84 Å². The fraction of sp³-hybridized carbons (Fsp3) is 0.0769. The molecule has 0 atom stereocenters. The molecule has 0 radical (unpaired) electrons. The molecule has 0 aliphatic carbocycles. The molecule has 9 heteroatoms. The van der Waals surface area contributed by atoms with E-state index in [2.05, 4.69) is 5.32 Å². The van der Waals surface area contributed by atoms with Gasteiger partial charge in [0.1, 0.15) is 18.9 Å². The fourth-order valence-electron chi connectivity index (χ4n) is 3.28. The van der Waals surface area contributed by atoms with Crippen LogP contribution in [0.2, 0.25) is 0 Å². The molecule has 3 amide bonds. The van der Waals surface area contributed by atoms with Crippen molar-refractivity contribution in [1.29, 1.82) is 0 Å². The number of nitrogens with zero attached hydrogens (tertiary/aromatic N) is 1. The van der Waals surface area contributed by atoms with Crippen LogP contribution in [0, 0.1) is 0 Å². The van der Waals surface area contributed by atoms with Gasteiger partial charge in [-0.15, -0.1) is 0 Å². The van der Waals surface area contributed by atoms with Crippen molar-refractivity contribution in [3.8, 4) is 5.75 Å². The predicted molar refractivity (Wildman–Crippen MR) is 132 cm³/mol. The second-order valence-electron chi connectivity index (χ2n) is 7.51. The van der Waals surface area contributed by atoms with Gasteiger partial charge >= 0.3 is 5.97 Å². The Morgan fingerprint density at radius 3 is 2.34 bits per heavy atom. The van der Waals surface area contributed by atoms with Gasteiger partial charge < -0.3 is 15.2 Å². The van der Waals surface area contributed by atoms with E-state index in [1.54, 1.807) is 66.7 Å². The molecular weight excluding hydrogens is 468 g/mol. The van der Waals surface area contributed by atoms with E-state index in [1.807, 2.05) is 6.07 Å². The molecule has 0 saturated carbocycles. The highest BCUT2D eigenvalue weighted by Gasteiger charge is 2.36. The van der Waals surface area contributed by atoms with Crippen LogP contribution in [-0.4, -0.2) is 39.6 Å². The second kappa shape index (κ2) is 10.7. The van der Waals surface area contributed by atoms with Crippen molar-refractivity contribution in [1.82, 2.24) is 4.90 Å². The highest BCUT2D eigenvalue weighted by Crippen LogP contribution is 2.34. The van der Waals surface area contributed by atoms with Gasteiger partial charge in [-0.2, -0.15) is 0 Å². The summed E-state index contributed by atoms with van der Waals surface area (Å²) in [6.45, 7) is -0.201. The number of nitrogens with one attached hydrogen (secondary N) is 1. The van der Waals surface area contributed by atoms with E-state index in [0.29, 0.717) is 17.0 Å². The van der Waals surface area contributed by atoms with Gasteiger partial charge in [0.25, 0.3) is 11.1 Å². The smallest absolute Gasteiger partial charge is 0.335 e. The Labute approximate surface area is 205 Å². The van der Waals surface area contributed by atoms with Crippen LogP contribution in [0.15, 0.2) is 83.8 Å². The van der Waals surface area contributed by atoms with Gasteiger partial charge in [0.2, 0.25) is 5.91 Å². The normalized spacial score (nSPS) is 14.3. The zero-order valence-corrected chi connectivity index (χ0v) is 19.2. The first kappa shape index (κ1) is 23.8. The first-order valence-corrected chi connectivity index (χ1v) is 11.4. The van der Waals surface area contributed by atoms with E-state index >= 15 is 0 Å². The van der Waals surface area contributed by atoms with Crippen LogP contribution < -0.4 is 10.1 Å². The summed E-state index contributed by atoms with van der Waals surface area (Å²) >= 11 is 0.760. The van der Waals surface area contributed by atoms with E-state index in [9.17, 15) is 19.2 Å². The van der Waals surface area contributed by atoms with Crippen molar-refractivity contribution in [3.05, 3.63) is 100 Å². The molecule has 1 aliphatic heterocycles. The van der Waals surface area contributed by atoms with Crippen LogP contribution in [0.4, 0.5) is 10.5 Å². The maximum atomic E-state index is 12.8. The number of ether oxygens (including phenoxy) is 1. The molecule has 0 spiro atoms. The number of hydrogen-bond acceptors (Lipinski definition) is 6. The summed E-state index contributed by atoms with van der Waals surface area (Å²) in [5.41, 5.74) is 2.12. The lowest BCUT2D eigenvalue weighted by molar-refractivity contribution is -0.127. The lowest BCUT2D eigenvalue weighted by Crippen LogP contribution is -2.36. The third-order valence-corrected chi connectivity index (χ3v) is 5.94. The van der Waals surface area contributed by atoms with E-state index in [-0.39, 0.29) is 23.6 Å². The first-order chi connectivity index (χ1) is 16.9. The number of carboxylic acids is 1. The standard InChI is InChI=1S/C26H20N2O6S/c29-23(27-20-7-2-1-3-8-20)15-28-24(30)22(35-26(28)33)14-19-6-4-5-9-21(19)34-16-17-10-12-18(13-11-17)25(31)32/h1-14H,15-16H2,(H,27,29)(H,31,32)/b22-14-. The van der Waals surface area contributed by atoms with Gasteiger partial charge in [0, 0.05) is 11.3 Å². The minimum atomic E-state index is -1.01. The molecule has 1 saturated heterocycles. The Balaban J connectivity index is 1.43. The van der Waals surface area contributed by atoms with Gasteiger partial charge in [-0.1, -0.05) is 48.5 Å². The molecule has 0 unspecified atom stereocenters. The molecule has 176 valence electrons. The molecule has 35 heavy (non-hydrogen) atoms. The first-order valence-electron chi connectivity index (χ1n) is 10.5. The highest BCUT2D eigenvalue weighted by atomic mass is 32.2. The van der Waals surface area contributed by atoms with Gasteiger partial charge in [-0.05, 0) is 53.7 Å². The van der Waals surface area contributed by atoms with Crippen molar-refractivity contribution >= 4 is 46.5 Å². The monoisotopic (exact) mass is 488 g/mol. The molecule has 1 heterocycles. The molecule has 1 aliphatic rings. The van der Waals surface area contributed by atoms with Crippen molar-refractivity contribution in [2.24, 2.45) is 0 Å². The summed E-state index contributed by atoms with van der Waals surface area (Å²) in [5.74, 6) is -1.54. The van der Waals surface area contributed by atoms with Crippen LogP contribution in [0.25, 0.3) is 6.08 Å². The maximum Gasteiger partial charge on any atom is 0.335 e. The number of anilines is 1. The van der Waals surface area contributed by atoms with E-state index in [0.717, 1.165) is 22.2 Å². The maximum absolute atomic E-state index is 12.8. The van der Waals surface area contributed by atoms with Crippen LogP contribution in [-0.2, 0) is 16.2 Å². The Kier molecular flexibility index (Phi) is 7.27. The van der Waals surface area contributed by atoms with Gasteiger partial charge in [0.15, 0.2) is 0 Å². The number of para-hydroxylation sites is 2. The van der Waals surface area contributed by atoms with Crippen LogP contribution in [0.5, 0.6) is 5.75 Å². The number of carbonyl (C=O) groups excluding carboxylic acids is 3. The number of carboxylic acid groups (broad SMARTS) is 1. The molecular formula is C26H20N2O6S. The predicted octanol–water partition coefficient (Wildman–Crippen LogP) is 4.64. The average molecular weight is 489 g/mol. The summed E-state index contributed by atoms with van der Waals surface area (Å²) in [7, 11) is 0. The minimum absolute atomic E-state index is 0.183. The number of imide groups is 1. The summed E-state index contributed by atoms with van der Waals surface area (Å²) in [6, 6.07) is 22.1. The summed E-state index contributed by atoms with van der Waals surface area (Å²) < 4.78 is 5.88. The zero-order chi connectivity index (χ0) is 24.8. The molecule has 3 aromatic rings. The van der Waals surface area contributed by atoms with Gasteiger partial charge in [0.05, 0.1) is 10.5 Å². The number of hydrogen-bond donors (Lipinski definition) is 2. The molecule has 4 rings (SSSR count). The number of aromatic carboxylic acids is 1. The van der Waals surface area contributed by atoms with E-state index < -0.39 is 23.0 Å². The van der Waals surface area contributed by atoms with Crippen molar-refractivity contribution < 1.29 is 29.0 Å². The van der Waals surface area contributed by atoms with Gasteiger partial charge in [-0.3, -0.25) is 19.3 Å². The van der Waals surface area contributed by atoms with Crippen molar-refractivity contribution in [2.75, 3.05) is 11.9 Å². The second-order valence-corrected chi connectivity index (χ2v) is 8.50. The van der Waals surface area contributed by atoms with Crippen molar-refractivity contribution in [2.45, 2.75) is 6.61 Å². The quantitative estimate of drug-likeness (QED) is 0.444. The summed E-state index contributed by atoms with van der Waals surface area (Å²) in [5, 5.41) is 11.1. The highest BCUT2D eigenvalue weighted by molar-refractivity contribution is 8.18. The number of amides is 3. The van der Waals surface area contributed by atoms with Crippen LogP contribution in [0.3, 0.4) is 0 Å². The summed E-state index contributed by atoms with van der Waals surface area (Å²) in [4.78, 5) is 49.7. The molecule has 3 aromatic carbocycles. The summed E-state index contributed by atoms with van der Waals surface area (Å²) in [6.07, 6.45) is 1.56. The molecule has 1 fully saturated rings. The number of rotatable bonds is 8. The van der Waals surface area contributed by atoms with Crippen LogP contribution in [0.1, 0.15) is 21.5 Å². The van der Waals surface area contributed by atoms with Crippen LogP contribution >= 0.6 is 11.8 Å². The largest absolute Gasteiger partial charge is 0.488 e. The number of thioether (sulfide) groups is 1. The SMILES string of the molecule is O=C(CN1C(=O)S/C(=C\c2ccccc2OCc2ccc(C(=O)O)cc2)C1=O)Nc1ccccc1. The van der Waals surface area contributed by atoms with Crippen molar-refractivity contribution in [3.63, 3.8) is 0 Å². The molecule has 2 N–H and O–H groups in total. The molecule has 8 nitrogen and oxygen atoms in total. The Bertz CT molecular complexity index is 1300. The van der Waals surface area contributed by atoms with E-state index in [1.165, 1.54) is 12.1 Å². The Morgan fingerprint density at radius 1 is 0.943 bits per heavy atom. The average Bonchev–Trinajstić information content (AvgIpc) is 3.11. The minimum Gasteiger partial charge on any atom is -0.488 e. The molecule has 0 bridgehead atoms. The Hall–Kier alpha value is -4.37. The Morgan fingerprint density at radius 2 is 1.63 bits per heavy atom. The lowest BCUT2D eigenvalue weighted by Gasteiger charge is -2.12. The number of benzene rings is 3. The van der Waals surface area contributed by atoms with Gasteiger partial charge in [-0.25, -0.2) is 4.79 Å². The lowest BCUT2D eigenvalue weighted by atomic mass is 10.1.